The highest BCUT2D eigenvalue weighted by molar-refractivity contribution is 7.99. The van der Waals surface area contributed by atoms with Crippen LogP contribution in [0.3, 0.4) is 0 Å². The van der Waals surface area contributed by atoms with Crippen LogP contribution in [0.15, 0.2) is 36.4 Å². The number of hydrogen-bond donors (Lipinski definition) is 0. The van der Waals surface area contributed by atoms with Gasteiger partial charge in [0.15, 0.2) is 12.5 Å². The molecule has 150 valence electrons. The maximum atomic E-state index is 12.4. The second-order valence-electron chi connectivity index (χ2n) is 5.46. The largest absolute Gasteiger partial charge is 0.534 e. The van der Waals surface area contributed by atoms with Crippen LogP contribution >= 0.6 is 11.8 Å². The van der Waals surface area contributed by atoms with Gasteiger partial charge in [0.2, 0.25) is 0 Å². The predicted molar refractivity (Wildman–Crippen MR) is 98.6 cm³/mol. The van der Waals surface area contributed by atoms with Gasteiger partial charge < -0.3 is 13.7 Å². The highest BCUT2D eigenvalue weighted by atomic mass is 32.2. The van der Waals surface area contributed by atoms with Crippen LogP contribution in [0.4, 0.5) is 13.2 Å². The molecule has 1 heterocycles. The number of fused-ring (bicyclic) bond motifs is 1. The molecule has 27 heavy (non-hydrogen) atoms. The molecule has 0 atom stereocenters. The van der Waals surface area contributed by atoms with E-state index in [1.54, 1.807) is 12.1 Å². The van der Waals surface area contributed by atoms with Gasteiger partial charge in [-0.05, 0) is 36.5 Å². The highest BCUT2D eigenvalue weighted by Gasteiger charge is 2.48. The molecule has 2 aromatic carbocycles. The van der Waals surface area contributed by atoms with Crippen molar-refractivity contribution in [2.75, 3.05) is 25.4 Å². The topological polar surface area (TPSA) is 61.8 Å². The lowest BCUT2D eigenvalue weighted by atomic mass is 10.1. The van der Waals surface area contributed by atoms with Crippen molar-refractivity contribution < 1.29 is 35.2 Å². The zero-order valence-corrected chi connectivity index (χ0v) is 16.1. The molecule has 0 saturated carbocycles. The molecular formula is C17H19F3O5S2. The molecule has 1 aliphatic heterocycles. The van der Waals surface area contributed by atoms with Crippen LogP contribution in [0, 0.1) is 0 Å². The lowest BCUT2D eigenvalue weighted by Crippen LogP contribution is -2.28. The molecule has 3 rings (SSSR count). The van der Waals surface area contributed by atoms with Crippen molar-refractivity contribution in [1.82, 2.24) is 0 Å². The first-order valence-corrected chi connectivity index (χ1v) is 10.5. The molecule has 10 heteroatoms. The van der Waals surface area contributed by atoms with E-state index in [-0.39, 0.29) is 12.2 Å². The Hall–Kier alpha value is -1.65. The van der Waals surface area contributed by atoms with Crippen molar-refractivity contribution in [3.05, 3.63) is 36.4 Å². The molecule has 5 nitrogen and oxygen atoms in total. The van der Waals surface area contributed by atoms with Gasteiger partial charge >= 0.3 is 15.6 Å². The summed E-state index contributed by atoms with van der Waals surface area (Å²) in [5, 5.41) is 0.568. The van der Waals surface area contributed by atoms with E-state index in [4.69, 9.17) is 9.47 Å². The third kappa shape index (κ3) is 5.91. The zero-order valence-electron chi connectivity index (χ0n) is 14.5. The smallest absolute Gasteiger partial charge is 0.467 e. The molecule has 2 aromatic rings. The number of benzene rings is 2. The van der Waals surface area contributed by atoms with Crippen LogP contribution in [-0.4, -0.2) is 39.3 Å². The van der Waals surface area contributed by atoms with Crippen LogP contribution in [0.1, 0.15) is 12.8 Å². The SMILES string of the molecule is C1CCSC1.COCOc1ccc(OS(=O)(=O)C(F)(F)F)c2ccccc12. The van der Waals surface area contributed by atoms with Crippen molar-refractivity contribution >= 4 is 32.7 Å². The van der Waals surface area contributed by atoms with E-state index in [2.05, 4.69) is 15.9 Å². The monoisotopic (exact) mass is 424 g/mol. The molecule has 0 radical (unpaired) electrons. The summed E-state index contributed by atoms with van der Waals surface area (Å²) in [7, 11) is -4.33. The minimum absolute atomic E-state index is 0.0644. The number of halogens is 3. The molecule has 1 fully saturated rings. The first kappa shape index (κ1) is 21.6. The van der Waals surface area contributed by atoms with Crippen molar-refractivity contribution in [3.8, 4) is 11.5 Å². The van der Waals surface area contributed by atoms with Crippen LogP contribution in [0.25, 0.3) is 10.8 Å². The van der Waals surface area contributed by atoms with Gasteiger partial charge in [-0.1, -0.05) is 24.3 Å². The van der Waals surface area contributed by atoms with E-state index in [0.29, 0.717) is 11.1 Å². The number of thioether (sulfide) groups is 1. The van der Waals surface area contributed by atoms with Crippen molar-refractivity contribution in [2.24, 2.45) is 0 Å². The second-order valence-corrected chi connectivity index (χ2v) is 8.22. The fourth-order valence-corrected chi connectivity index (χ4v) is 3.74. The van der Waals surface area contributed by atoms with Gasteiger partial charge in [-0.2, -0.15) is 33.4 Å². The van der Waals surface area contributed by atoms with Gasteiger partial charge in [0.25, 0.3) is 0 Å². The summed E-state index contributed by atoms with van der Waals surface area (Å²) in [6.07, 6.45) is 2.93. The van der Waals surface area contributed by atoms with Crippen LogP contribution in [0.5, 0.6) is 11.5 Å². The lowest BCUT2D eigenvalue weighted by Gasteiger charge is -2.13. The summed E-state index contributed by atoms with van der Waals surface area (Å²) in [5.41, 5.74) is -5.50. The van der Waals surface area contributed by atoms with E-state index in [1.165, 1.54) is 49.7 Å². The van der Waals surface area contributed by atoms with E-state index < -0.39 is 21.4 Å². The quantitative estimate of drug-likeness (QED) is 0.398. The number of hydrogen-bond acceptors (Lipinski definition) is 6. The Kier molecular flexibility index (Phi) is 7.63. The standard InChI is InChI=1S/C13H11F3O5S.C4H8S/c1-19-8-20-11-6-7-12(10-5-3-2-4-9(10)11)21-22(17,18)13(14,15)16;1-2-4-5-3-1/h2-7H,8H2,1H3;1-4H2. The van der Waals surface area contributed by atoms with Gasteiger partial charge in [0.05, 0.1) is 0 Å². The number of ether oxygens (including phenoxy) is 2. The minimum Gasteiger partial charge on any atom is -0.467 e. The maximum absolute atomic E-state index is 12.4. The number of alkyl halides is 3. The molecule has 0 aliphatic carbocycles. The Balaban J connectivity index is 0.000000451. The minimum atomic E-state index is -5.74. The highest BCUT2D eigenvalue weighted by Crippen LogP contribution is 2.36. The molecule has 0 spiro atoms. The number of methoxy groups -OCH3 is 1. The third-order valence-corrected chi connectivity index (χ3v) is 5.61. The third-order valence-electron chi connectivity index (χ3n) is 3.49. The molecule has 0 amide bonds. The van der Waals surface area contributed by atoms with Crippen molar-refractivity contribution in [1.29, 1.82) is 0 Å². The Labute approximate surface area is 159 Å². The van der Waals surface area contributed by atoms with E-state index in [0.717, 1.165) is 6.07 Å². The second kappa shape index (κ2) is 9.52. The molecule has 0 aromatic heterocycles. The Morgan fingerprint density at radius 2 is 1.56 bits per heavy atom. The summed E-state index contributed by atoms with van der Waals surface area (Å²) in [6.45, 7) is -0.0644. The molecule has 0 unspecified atom stereocenters. The lowest BCUT2D eigenvalue weighted by molar-refractivity contribution is -0.0499. The average Bonchev–Trinajstić information content (AvgIpc) is 3.20. The van der Waals surface area contributed by atoms with Crippen LogP contribution in [-0.2, 0) is 14.9 Å². The molecule has 1 aliphatic rings. The Morgan fingerprint density at radius 3 is 2.04 bits per heavy atom. The van der Waals surface area contributed by atoms with Crippen LogP contribution < -0.4 is 8.92 Å². The molecule has 1 saturated heterocycles. The summed E-state index contributed by atoms with van der Waals surface area (Å²) >= 11 is 2.07. The van der Waals surface area contributed by atoms with Gasteiger partial charge in [0, 0.05) is 17.9 Å². The maximum Gasteiger partial charge on any atom is 0.534 e. The van der Waals surface area contributed by atoms with Gasteiger partial charge in [-0.15, -0.1) is 0 Å². The van der Waals surface area contributed by atoms with Gasteiger partial charge in [0.1, 0.15) is 5.75 Å². The zero-order chi connectivity index (χ0) is 19.9. The predicted octanol–water partition coefficient (Wildman–Crippen LogP) is 4.56. The number of rotatable bonds is 5. The van der Waals surface area contributed by atoms with Gasteiger partial charge in [-0.3, -0.25) is 0 Å². The molecule has 0 bridgehead atoms. The van der Waals surface area contributed by atoms with E-state index >= 15 is 0 Å². The summed E-state index contributed by atoms with van der Waals surface area (Å²) in [6, 6.07) is 8.56. The van der Waals surface area contributed by atoms with Crippen LogP contribution in [0.2, 0.25) is 0 Å². The van der Waals surface area contributed by atoms with Crippen molar-refractivity contribution in [3.63, 3.8) is 0 Å². The Morgan fingerprint density at radius 1 is 1.00 bits per heavy atom. The fourth-order valence-electron chi connectivity index (χ4n) is 2.24. The first-order chi connectivity index (χ1) is 12.8. The molecular weight excluding hydrogens is 405 g/mol. The summed E-state index contributed by atoms with van der Waals surface area (Å²) in [5.74, 6) is 2.73. The first-order valence-electron chi connectivity index (χ1n) is 7.98. The summed E-state index contributed by atoms with van der Waals surface area (Å²) in [4.78, 5) is 0. The normalized spacial score (nSPS) is 14.5. The average molecular weight is 424 g/mol. The summed E-state index contributed by atoms with van der Waals surface area (Å²) < 4.78 is 73.7. The fraction of sp³-hybridized carbons (Fsp3) is 0.412. The Bertz CT molecular complexity index is 842. The van der Waals surface area contributed by atoms with E-state index in [9.17, 15) is 21.6 Å². The molecule has 0 N–H and O–H groups in total. The van der Waals surface area contributed by atoms with Gasteiger partial charge in [-0.25, -0.2) is 0 Å². The van der Waals surface area contributed by atoms with Crippen molar-refractivity contribution in [2.45, 2.75) is 18.3 Å². The van der Waals surface area contributed by atoms with E-state index in [1.807, 2.05) is 0 Å².